The molecule has 1 fully saturated rings. The Morgan fingerprint density at radius 1 is 1.14 bits per heavy atom. The van der Waals surface area contributed by atoms with Crippen LogP contribution in [0.25, 0.3) is 11.1 Å². The van der Waals surface area contributed by atoms with Crippen molar-refractivity contribution < 1.29 is 37.4 Å². The number of ether oxygens (including phenoxy) is 5. The Morgan fingerprint density at radius 2 is 1.93 bits per heavy atom. The number of rotatable bonds is 7. The summed E-state index contributed by atoms with van der Waals surface area (Å²) in [5.41, 5.74) is 1.78. The van der Waals surface area contributed by atoms with Crippen LogP contribution in [-0.4, -0.2) is 39.8 Å². The molecule has 1 aliphatic heterocycles. The van der Waals surface area contributed by atoms with Crippen LogP contribution >= 0.6 is 0 Å². The fraction of sp³-hybridized carbons (Fsp3) is 0.364. The molecular weight excluding hydrogens is 376 g/mol. The van der Waals surface area contributed by atoms with Crippen molar-refractivity contribution >= 4 is 11.9 Å². The molecule has 0 aromatic heterocycles. The monoisotopic (exact) mass is 401 g/mol. The molecule has 1 saturated carbocycles. The maximum Gasteiger partial charge on any atom is 0.338 e. The second kappa shape index (κ2) is 7.31. The van der Waals surface area contributed by atoms with Gasteiger partial charge in [-0.2, -0.15) is 0 Å². The SMILES string of the molecule is [2H]C([2H])([2H])Oc1ccc(-c2ccc3c(c2)COC3=O)c(OCC2(C(=O)OC)CC2)c1OC. The minimum Gasteiger partial charge on any atom is -0.493 e. The highest BCUT2D eigenvalue weighted by molar-refractivity contribution is 5.94. The maximum absolute atomic E-state index is 12.2. The van der Waals surface area contributed by atoms with Gasteiger partial charge in [0.05, 0.1) is 30.9 Å². The molecule has 0 bridgehead atoms. The average Bonchev–Trinajstić information content (AvgIpc) is 3.46. The van der Waals surface area contributed by atoms with Crippen LogP contribution in [0.1, 0.15) is 32.9 Å². The quantitative estimate of drug-likeness (QED) is 0.658. The Bertz CT molecular complexity index is 1070. The Kier molecular flexibility index (Phi) is 3.95. The van der Waals surface area contributed by atoms with E-state index >= 15 is 0 Å². The number of benzene rings is 2. The zero-order chi connectivity index (χ0) is 23.1. The van der Waals surface area contributed by atoms with Crippen LogP contribution in [0, 0.1) is 5.41 Å². The Hall–Kier alpha value is -3.22. The molecule has 0 N–H and O–H groups in total. The summed E-state index contributed by atoms with van der Waals surface area (Å²) in [6.07, 6.45) is 1.25. The summed E-state index contributed by atoms with van der Waals surface area (Å²) < 4.78 is 48.9. The molecule has 0 atom stereocenters. The molecule has 2 aliphatic rings. The minimum absolute atomic E-state index is 0.0196. The second-order valence-corrected chi connectivity index (χ2v) is 7.08. The minimum atomic E-state index is -2.69. The molecule has 0 radical (unpaired) electrons. The van der Waals surface area contributed by atoms with Crippen LogP contribution in [0.2, 0.25) is 0 Å². The van der Waals surface area contributed by atoms with Gasteiger partial charge in [-0.15, -0.1) is 0 Å². The van der Waals surface area contributed by atoms with Gasteiger partial charge in [-0.1, -0.05) is 6.07 Å². The van der Waals surface area contributed by atoms with Crippen molar-refractivity contribution in [1.82, 2.24) is 0 Å². The van der Waals surface area contributed by atoms with Crippen LogP contribution in [0.3, 0.4) is 0 Å². The normalized spacial score (nSPS) is 17.9. The third-order valence-electron chi connectivity index (χ3n) is 5.35. The lowest BCUT2D eigenvalue weighted by Crippen LogP contribution is -2.25. The molecule has 2 aromatic carbocycles. The topological polar surface area (TPSA) is 80.3 Å². The highest BCUT2D eigenvalue weighted by atomic mass is 16.5. The van der Waals surface area contributed by atoms with Crippen LogP contribution in [-0.2, 0) is 20.9 Å². The largest absolute Gasteiger partial charge is 0.493 e. The van der Waals surface area contributed by atoms with E-state index in [2.05, 4.69) is 0 Å². The number of fused-ring (bicyclic) bond motifs is 1. The Balaban J connectivity index is 1.77. The molecule has 4 rings (SSSR count). The Morgan fingerprint density at radius 3 is 2.62 bits per heavy atom. The number of carbonyl (C=O) groups excluding carboxylic acids is 2. The first-order valence-electron chi connectivity index (χ1n) is 10.6. The van der Waals surface area contributed by atoms with Crippen molar-refractivity contribution in [3.05, 3.63) is 41.5 Å². The van der Waals surface area contributed by atoms with E-state index in [1.165, 1.54) is 20.3 Å². The van der Waals surface area contributed by atoms with Crippen molar-refractivity contribution in [3.63, 3.8) is 0 Å². The van der Waals surface area contributed by atoms with E-state index < -0.39 is 12.5 Å². The van der Waals surface area contributed by atoms with Gasteiger partial charge >= 0.3 is 11.9 Å². The van der Waals surface area contributed by atoms with Gasteiger partial charge in [-0.25, -0.2) is 4.79 Å². The van der Waals surface area contributed by atoms with Gasteiger partial charge in [-0.3, -0.25) is 4.79 Å². The number of methoxy groups -OCH3 is 3. The van der Waals surface area contributed by atoms with E-state index in [-0.39, 0.29) is 42.4 Å². The van der Waals surface area contributed by atoms with E-state index in [9.17, 15) is 9.59 Å². The van der Waals surface area contributed by atoms with Gasteiger partial charge in [0.1, 0.15) is 18.6 Å². The summed E-state index contributed by atoms with van der Waals surface area (Å²) in [6, 6.07) is 8.34. The molecule has 152 valence electrons. The van der Waals surface area contributed by atoms with Gasteiger partial charge in [0.15, 0.2) is 11.5 Å². The molecule has 1 heterocycles. The molecule has 29 heavy (non-hydrogen) atoms. The van der Waals surface area contributed by atoms with Gasteiger partial charge in [0.25, 0.3) is 0 Å². The predicted octanol–water partition coefficient (Wildman–Crippen LogP) is 3.37. The number of hydrogen-bond acceptors (Lipinski definition) is 7. The van der Waals surface area contributed by atoms with Crippen LogP contribution in [0.4, 0.5) is 0 Å². The van der Waals surface area contributed by atoms with Gasteiger partial charge in [0.2, 0.25) is 5.75 Å². The van der Waals surface area contributed by atoms with E-state index in [0.29, 0.717) is 29.5 Å². The third kappa shape index (κ3) is 3.26. The molecular formula is C22H22O7. The molecule has 7 heteroatoms. The van der Waals surface area contributed by atoms with Crippen molar-refractivity contribution in [2.75, 3.05) is 27.9 Å². The molecule has 1 aliphatic carbocycles. The van der Waals surface area contributed by atoms with E-state index in [4.69, 9.17) is 27.8 Å². The molecule has 0 amide bonds. The lowest BCUT2D eigenvalue weighted by Gasteiger charge is -2.20. The average molecular weight is 401 g/mol. The molecule has 7 nitrogen and oxygen atoms in total. The molecule has 0 saturated heterocycles. The summed E-state index contributed by atoms with van der Waals surface area (Å²) >= 11 is 0. The zero-order valence-corrected chi connectivity index (χ0v) is 16.1. The number of carbonyl (C=O) groups is 2. The highest BCUT2D eigenvalue weighted by Crippen LogP contribution is 2.50. The predicted molar refractivity (Wildman–Crippen MR) is 103 cm³/mol. The molecule has 2 aromatic rings. The molecule has 0 unspecified atom stereocenters. The first kappa shape index (κ1) is 15.7. The summed E-state index contributed by atoms with van der Waals surface area (Å²) in [7, 11) is 0.00886. The summed E-state index contributed by atoms with van der Waals surface area (Å²) in [4.78, 5) is 24.0. The first-order valence-corrected chi connectivity index (χ1v) is 9.09. The lowest BCUT2D eigenvalue weighted by molar-refractivity contribution is -0.148. The smallest absolute Gasteiger partial charge is 0.338 e. The van der Waals surface area contributed by atoms with Gasteiger partial charge in [-0.05, 0) is 42.7 Å². The maximum atomic E-state index is 12.2. The van der Waals surface area contributed by atoms with Crippen molar-refractivity contribution in [2.24, 2.45) is 5.41 Å². The van der Waals surface area contributed by atoms with Crippen LogP contribution in [0.15, 0.2) is 30.3 Å². The lowest BCUT2D eigenvalue weighted by atomic mass is 9.99. The van der Waals surface area contributed by atoms with Crippen LogP contribution in [0.5, 0.6) is 17.2 Å². The van der Waals surface area contributed by atoms with E-state index in [0.717, 1.165) is 5.56 Å². The zero-order valence-electron chi connectivity index (χ0n) is 19.1. The van der Waals surface area contributed by atoms with Gasteiger partial charge in [0, 0.05) is 11.1 Å². The standard InChI is InChI=1S/C22H22O7/c1-25-17-7-6-15(13-4-5-16-14(10-13)11-28-20(16)23)18(19(17)26-2)29-12-22(8-9-22)21(24)27-3/h4-7,10H,8-9,11-12H2,1-3H3/i1D3. The van der Waals surface area contributed by atoms with Crippen LogP contribution < -0.4 is 14.2 Å². The highest BCUT2D eigenvalue weighted by Gasteiger charge is 2.52. The fourth-order valence-corrected chi connectivity index (χ4v) is 3.47. The Labute approximate surface area is 172 Å². The second-order valence-electron chi connectivity index (χ2n) is 7.08. The first-order chi connectivity index (χ1) is 15.2. The third-order valence-corrected chi connectivity index (χ3v) is 5.35. The number of esters is 2. The van der Waals surface area contributed by atoms with Crippen molar-refractivity contribution in [1.29, 1.82) is 0 Å². The van der Waals surface area contributed by atoms with E-state index in [1.807, 2.05) is 0 Å². The number of cyclic esters (lactones) is 1. The van der Waals surface area contributed by atoms with Crippen molar-refractivity contribution in [2.45, 2.75) is 19.4 Å². The number of hydrogen-bond donors (Lipinski definition) is 0. The molecule has 0 spiro atoms. The fourth-order valence-electron chi connectivity index (χ4n) is 3.47. The summed E-state index contributed by atoms with van der Waals surface area (Å²) in [5.74, 6) is -0.438. The summed E-state index contributed by atoms with van der Waals surface area (Å²) in [5, 5.41) is 0. The van der Waals surface area contributed by atoms with E-state index in [1.54, 1.807) is 24.3 Å². The summed E-state index contributed by atoms with van der Waals surface area (Å²) in [6.45, 7) is 0.202. The van der Waals surface area contributed by atoms with Crippen molar-refractivity contribution in [3.8, 4) is 28.4 Å². The van der Waals surface area contributed by atoms with Gasteiger partial charge < -0.3 is 23.7 Å².